The van der Waals surface area contributed by atoms with Crippen LogP contribution in [0, 0.1) is 5.82 Å². The van der Waals surface area contributed by atoms with Gasteiger partial charge in [-0.15, -0.1) is 0 Å². The third-order valence-corrected chi connectivity index (χ3v) is 8.01. The van der Waals surface area contributed by atoms with Gasteiger partial charge in [-0.05, 0) is 39.1 Å². The highest BCUT2D eigenvalue weighted by atomic mass is 32.2. The molecule has 196 valence electrons. The fourth-order valence-corrected chi connectivity index (χ4v) is 5.90. The molecule has 1 aromatic carbocycles. The van der Waals surface area contributed by atoms with E-state index in [1.165, 1.54) is 6.07 Å². The quantitative estimate of drug-likeness (QED) is 0.505. The first-order valence-electron chi connectivity index (χ1n) is 12.2. The van der Waals surface area contributed by atoms with Crippen LogP contribution in [-0.4, -0.2) is 76.7 Å². The van der Waals surface area contributed by atoms with Crippen LogP contribution in [0.4, 0.5) is 21.6 Å². The van der Waals surface area contributed by atoms with Gasteiger partial charge in [0.25, 0.3) is 0 Å². The lowest BCUT2D eigenvalue weighted by molar-refractivity contribution is -0.125. The molecule has 3 heterocycles. The topological polar surface area (TPSA) is 98.7 Å². The number of halogens is 1. The number of carbonyl (C=O) groups excluding carboxylic acids is 1. The standard InChI is InChI=1S/C26H31FN6O3S/c1-31(2)9-10-32(3)24-21(30-37(5,35)36)11-16(14-29-24)17-12-18-20(13-19(17)27)28-15-22-23(18)26(7-6-8-26)25(34)33(22)4/h11-15,30H,6-10H2,1-5H3. The maximum Gasteiger partial charge on any atom is 0.237 e. The van der Waals surface area contributed by atoms with E-state index >= 15 is 4.39 Å². The number of benzene rings is 1. The van der Waals surface area contributed by atoms with Crippen LogP contribution in [0.25, 0.3) is 22.0 Å². The van der Waals surface area contributed by atoms with Gasteiger partial charge in [-0.25, -0.2) is 17.8 Å². The lowest BCUT2D eigenvalue weighted by atomic mass is 9.64. The molecule has 1 spiro atoms. The van der Waals surface area contributed by atoms with E-state index in [0.717, 1.165) is 48.7 Å². The molecule has 11 heteroatoms. The molecule has 0 unspecified atom stereocenters. The maximum absolute atomic E-state index is 15.4. The van der Waals surface area contributed by atoms with Crippen molar-refractivity contribution in [3.8, 4) is 11.1 Å². The first-order valence-corrected chi connectivity index (χ1v) is 14.1. The normalized spacial score (nSPS) is 16.4. The van der Waals surface area contributed by atoms with Gasteiger partial charge in [0, 0.05) is 61.5 Å². The van der Waals surface area contributed by atoms with E-state index in [9.17, 15) is 13.2 Å². The van der Waals surface area contributed by atoms with E-state index < -0.39 is 21.3 Å². The number of likely N-dealkylation sites (N-methyl/N-ethyl adjacent to an activating group) is 3. The predicted octanol–water partition coefficient (Wildman–Crippen LogP) is 3.20. The smallest absolute Gasteiger partial charge is 0.237 e. The molecule has 0 saturated heterocycles. The lowest BCUT2D eigenvalue weighted by Gasteiger charge is -2.37. The highest BCUT2D eigenvalue weighted by Gasteiger charge is 2.54. The summed E-state index contributed by atoms with van der Waals surface area (Å²) < 4.78 is 42.3. The van der Waals surface area contributed by atoms with Crippen molar-refractivity contribution in [1.82, 2.24) is 14.9 Å². The number of hydrogen-bond acceptors (Lipinski definition) is 7. The fourth-order valence-electron chi connectivity index (χ4n) is 5.35. The summed E-state index contributed by atoms with van der Waals surface area (Å²) in [4.78, 5) is 27.6. The molecular weight excluding hydrogens is 495 g/mol. The van der Waals surface area contributed by atoms with Crippen LogP contribution in [0.15, 0.2) is 30.6 Å². The summed E-state index contributed by atoms with van der Waals surface area (Å²) in [7, 11) is 3.87. The van der Waals surface area contributed by atoms with Crippen molar-refractivity contribution in [3.05, 3.63) is 42.0 Å². The van der Waals surface area contributed by atoms with Gasteiger partial charge in [0.2, 0.25) is 15.9 Å². The molecule has 0 radical (unpaired) electrons. The first-order chi connectivity index (χ1) is 17.4. The summed E-state index contributed by atoms with van der Waals surface area (Å²) in [5.74, 6) is 0.00173. The van der Waals surface area contributed by atoms with Crippen molar-refractivity contribution < 1.29 is 17.6 Å². The molecule has 0 bridgehead atoms. The number of carbonyl (C=O) groups is 1. The Kier molecular flexibility index (Phi) is 6.11. The Hall–Kier alpha value is -3.31. The Morgan fingerprint density at radius 3 is 2.46 bits per heavy atom. The molecule has 2 aromatic heterocycles. The zero-order valence-corrected chi connectivity index (χ0v) is 22.5. The third-order valence-electron chi connectivity index (χ3n) is 7.42. The highest BCUT2D eigenvalue weighted by Crippen LogP contribution is 2.55. The van der Waals surface area contributed by atoms with E-state index in [1.807, 2.05) is 30.9 Å². The summed E-state index contributed by atoms with van der Waals surface area (Å²) in [6, 6.07) is 4.70. The van der Waals surface area contributed by atoms with E-state index in [2.05, 4.69) is 14.7 Å². The van der Waals surface area contributed by atoms with Gasteiger partial charge in [0.1, 0.15) is 5.82 Å². The highest BCUT2D eigenvalue weighted by molar-refractivity contribution is 7.92. The number of anilines is 3. The van der Waals surface area contributed by atoms with Crippen molar-refractivity contribution in [2.45, 2.75) is 24.7 Å². The molecule has 0 atom stereocenters. The van der Waals surface area contributed by atoms with Gasteiger partial charge < -0.3 is 14.7 Å². The molecule has 2 aliphatic rings. The van der Waals surface area contributed by atoms with Crippen LogP contribution in [0.1, 0.15) is 24.8 Å². The van der Waals surface area contributed by atoms with Crippen LogP contribution in [0.2, 0.25) is 0 Å². The number of aromatic nitrogens is 2. The summed E-state index contributed by atoms with van der Waals surface area (Å²) in [5, 5.41) is 0.732. The first kappa shape index (κ1) is 25.3. The van der Waals surface area contributed by atoms with Crippen molar-refractivity contribution >= 4 is 44.0 Å². The van der Waals surface area contributed by atoms with Gasteiger partial charge in [-0.3, -0.25) is 14.5 Å². The van der Waals surface area contributed by atoms with Crippen LogP contribution >= 0.6 is 0 Å². The molecule has 37 heavy (non-hydrogen) atoms. The predicted molar refractivity (Wildman–Crippen MR) is 144 cm³/mol. The molecule has 9 nitrogen and oxygen atoms in total. The number of sulfonamides is 1. The van der Waals surface area contributed by atoms with E-state index in [1.54, 1.807) is 36.5 Å². The average molecular weight is 527 g/mol. The average Bonchev–Trinajstić information content (AvgIpc) is 3.03. The summed E-state index contributed by atoms with van der Waals surface area (Å²) in [6.45, 7) is 1.36. The molecule has 1 saturated carbocycles. The van der Waals surface area contributed by atoms with Crippen LogP contribution in [0.5, 0.6) is 0 Å². The molecular formula is C26H31FN6O3S. The summed E-state index contributed by atoms with van der Waals surface area (Å²) >= 11 is 0. The largest absolute Gasteiger partial charge is 0.357 e. The van der Waals surface area contributed by atoms with E-state index in [0.29, 0.717) is 23.4 Å². The Labute approximate surface area is 216 Å². The maximum atomic E-state index is 15.4. The summed E-state index contributed by atoms with van der Waals surface area (Å²) in [6.07, 6.45) is 6.74. The van der Waals surface area contributed by atoms with Gasteiger partial charge in [-0.2, -0.15) is 0 Å². The second-order valence-electron chi connectivity index (χ2n) is 10.4. The van der Waals surface area contributed by atoms with Crippen LogP contribution in [0.3, 0.4) is 0 Å². The monoisotopic (exact) mass is 526 g/mol. The van der Waals surface area contributed by atoms with Crippen molar-refractivity contribution in [1.29, 1.82) is 0 Å². The number of hydrogen-bond donors (Lipinski definition) is 1. The van der Waals surface area contributed by atoms with Crippen molar-refractivity contribution in [2.24, 2.45) is 0 Å². The second kappa shape index (κ2) is 8.91. The van der Waals surface area contributed by atoms with E-state index in [-0.39, 0.29) is 17.2 Å². The van der Waals surface area contributed by atoms with Gasteiger partial charge in [0.05, 0.1) is 34.8 Å². The molecule has 1 N–H and O–H groups in total. The van der Waals surface area contributed by atoms with Gasteiger partial charge in [-0.1, -0.05) is 6.42 Å². The minimum absolute atomic E-state index is 0.0559. The number of nitrogens with one attached hydrogen (secondary N) is 1. The SMILES string of the molecule is CN(C)CCN(C)c1ncc(-c2cc3c4c(cnc3cc2F)N(C)C(=O)C42CCC2)cc1NS(C)(=O)=O. The van der Waals surface area contributed by atoms with Crippen molar-refractivity contribution in [2.75, 3.05) is 62.1 Å². The number of nitrogens with zero attached hydrogens (tertiary/aromatic N) is 5. The molecule has 1 amide bonds. The molecule has 5 rings (SSSR count). The zero-order valence-electron chi connectivity index (χ0n) is 21.7. The van der Waals surface area contributed by atoms with E-state index in [4.69, 9.17) is 0 Å². The fraction of sp³-hybridized carbons (Fsp3) is 0.423. The van der Waals surface area contributed by atoms with Gasteiger partial charge >= 0.3 is 0 Å². The van der Waals surface area contributed by atoms with Crippen molar-refractivity contribution in [3.63, 3.8) is 0 Å². The van der Waals surface area contributed by atoms with Crippen LogP contribution in [-0.2, 0) is 20.2 Å². The number of fused-ring (bicyclic) bond motifs is 4. The lowest BCUT2D eigenvalue weighted by Crippen LogP contribution is -2.43. The third kappa shape index (κ3) is 4.29. The Morgan fingerprint density at radius 2 is 1.84 bits per heavy atom. The summed E-state index contributed by atoms with van der Waals surface area (Å²) in [5.41, 5.74) is 2.52. The Morgan fingerprint density at radius 1 is 1.11 bits per heavy atom. The molecule has 3 aromatic rings. The second-order valence-corrected chi connectivity index (χ2v) is 12.1. The van der Waals surface area contributed by atoms with Crippen LogP contribution < -0.4 is 14.5 Å². The molecule has 1 aliphatic heterocycles. The number of pyridine rings is 2. The Bertz CT molecular complexity index is 1520. The zero-order chi connectivity index (χ0) is 26.7. The number of amides is 1. The molecule has 1 aliphatic carbocycles. The minimum atomic E-state index is -3.61. The number of rotatable bonds is 7. The van der Waals surface area contributed by atoms with Gasteiger partial charge in [0.15, 0.2) is 5.82 Å². The molecule has 1 fully saturated rings. The minimum Gasteiger partial charge on any atom is -0.357 e. The Balaban J connectivity index is 1.65.